The van der Waals surface area contributed by atoms with Gasteiger partial charge in [-0.25, -0.2) is 4.79 Å². The van der Waals surface area contributed by atoms with Crippen LogP contribution in [0.5, 0.6) is 5.75 Å². The molecule has 0 bridgehead atoms. The minimum atomic E-state index is -0.950. The fourth-order valence-electron chi connectivity index (χ4n) is 2.82. The molecule has 140 valence electrons. The largest absolute Gasteiger partial charge is 0.490 e. The lowest BCUT2D eigenvalue weighted by molar-refractivity contribution is -0.149. The maximum atomic E-state index is 11.2. The van der Waals surface area contributed by atoms with Crippen LogP contribution in [0.25, 0.3) is 17.0 Å². The zero-order valence-electron chi connectivity index (χ0n) is 15.1. The number of aliphatic carboxylic acids is 1. The van der Waals surface area contributed by atoms with E-state index in [-0.39, 0.29) is 0 Å². The Morgan fingerprint density at radius 2 is 2.00 bits per heavy atom. The fourth-order valence-corrected chi connectivity index (χ4v) is 2.82. The van der Waals surface area contributed by atoms with Crippen LogP contribution in [0.4, 0.5) is 0 Å². The molecule has 1 heterocycles. The second-order valence-corrected chi connectivity index (χ2v) is 6.03. The summed E-state index contributed by atoms with van der Waals surface area (Å²) in [5.41, 5.74) is 2.76. The van der Waals surface area contributed by atoms with Crippen LogP contribution in [0.15, 0.2) is 65.3 Å². The van der Waals surface area contributed by atoms with Crippen molar-refractivity contribution in [2.75, 3.05) is 13.2 Å². The molecular formula is C22H22O5. The second kappa shape index (κ2) is 9.05. The third kappa shape index (κ3) is 4.99. The zero-order valence-corrected chi connectivity index (χ0v) is 15.1. The van der Waals surface area contributed by atoms with E-state index in [2.05, 4.69) is 0 Å². The predicted octanol–water partition coefficient (Wildman–Crippen LogP) is 4.56. The monoisotopic (exact) mass is 366 g/mol. The van der Waals surface area contributed by atoms with E-state index in [9.17, 15) is 4.79 Å². The van der Waals surface area contributed by atoms with Gasteiger partial charge < -0.3 is 19.0 Å². The first kappa shape index (κ1) is 18.7. The summed E-state index contributed by atoms with van der Waals surface area (Å²) in [5, 5.41) is 10.2. The second-order valence-electron chi connectivity index (χ2n) is 6.03. The van der Waals surface area contributed by atoms with Gasteiger partial charge in [-0.15, -0.1) is 0 Å². The van der Waals surface area contributed by atoms with Gasteiger partial charge >= 0.3 is 5.97 Å². The van der Waals surface area contributed by atoms with Gasteiger partial charge in [0, 0.05) is 24.0 Å². The number of fused-ring (bicyclic) bond motifs is 1. The summed E-state index contributed by atoms with van der Waals surface area (Å²) in [5.74, 6) is -0.225. The highest BCUT2D eigenvalue weighted by Gasteiger charge is 2.17. The first-order valence-corrected chi connectivity index (χ1v) is 8.86. The predicted molar refractivity (Wildman–Crippen MR) is 104 cm³/mol. The molecule has 5 heteroatoms. The van der Waals surface area contributed by atoms with Crippen molar-refractivity contribution in [2.45, 2.75) is 19.4 Å². The lowest BCUT2D eigenvalue weighted by Crippen LogP contribution is -2.26. The highest BCUT2D eigenvalue weighted by molar-refractivity contribution is 5.85. The summed E-state index contributed by atoms with van der Waals surface area (Å²) in [6.45, 7) is 2.58. The Morgan fingerprint density at radius 1 is 1.19 bits per heavy atom. The minimum absolute atomic E-state index is 0.330. The van der Waals surface area contributed by atoms with Gasteiger partial charge in [0.2, 0.25) is 0 Å². The number of hydrogen-bond donors (Lipinski definition) is 1. The third-order valence-electron chi connectivity index (χ3n) is 4.14. The molecule has 0 spiro atoms. The minimum Gasteiger partial charge on any atom is -0.490 e. The van der Waals surface area contributed by atoms with Crippen molar-refractivity contribution in [1.82, 2.24) is 0 Å². The average molecular weight is 366 g/mol. The quantitative estimate of drug-likeness (QED) is 0.601. The zero-order chi connectivity index (χ0) is 19.1. The third-order valence-corrected chi connectivity index (χ3v) is 4.14. The molecule has 0 radical (unpaired) electrons. The van der Waals surface area contributed by atoms with E-state index in [1.54, 1.807) is 13.2 Å². The molecule has 0 fully saturated rings. The van der Waals surface area contributed by atoms with Crippen molar-refractivity contribution < 1.29 is 23.8 Å². The van der Waals surface area contributed by atoms with E-state index in [1.807, 2.05) is 60.7 Å². The summed E-state index contributed by atoms with van der Waals surface area (Å²) in [4.78, 5) is 11.2. The molecule has 1 aromatic heterocycles. The molecule has 1 unspecified atom stereocenters. The Balaban J connectivity index is 1.54. The van der Waals surface area contributed by atoms with E-state index < -0.39 is 12.1 Å². The number of furan rings is 1. The first-order valence-electron chi connectivity index (χ1n) is 8.86. The molecule has 3 rings (SSSR count). The molecule has 0 amide bonds. The summed E-state index contributed by atoms with van der Waals surface area (Å²) in [6.07, 6.45) is 5.09. The lowest BCUT2D eigenvalue weighted by Gasteiger charge is -2.12. The molecule has 1 atom stereocenters. The molecule has 27 heavy (non-hydrogen) atoms. The number of benzene rings is 2. The van der Waals surface area contributed by atoms with Crippen LogP contribution in [-0.4, -0.2) is 30.4 Å². The van der Waals surface area contributed by atoms with E-state index >= 15 is 0 Å². The Hall–Kier alpha value is -3.05. The number of carboxylic acid groups (broad SMARTS) is 1. The molecule has 0 aliphatic heterocycles. The lowest BCUT2D eigenvalue weighted by atomic mass is 10.1. The highest BCUT2D eigenvalue weighted by Crippen LogP contribution is 2.21. The van der Waals surface area contributed by atoms with Crippen molar-refractivity contribution in [2.24, 2.45) is 0 Å². The van der Waals surface area contributed by atoms with Crippen LogP contribution in [0.1, 0.15) is 18.1 Å². The Kier molecular flexibility index (Phi) is 6.28. The smallest absolute Gasteiger partial charge is 0.333 e. The maximum absolute atomic E-state index is 11.2. The fraction of sp³-hybridized carbons (Fsp3) is 0.227. The molecule has 3 aromatic rings. The molecule has 2 aromatic carbocycles. The average Bonchev–Trinajstić information content (AvgIpc) is 3.15. The summed E-state index contributed by atoms with van der Waals surface area (Å²) in [7, 11) is 0. The van der Waals surface area contributed by atoms with Crippen molar-refractivity contribution in [3.8, 4) is 5.75 Å². The van der Waals surface area contributed by atoms with Crippen LogP contribution in [0.3, 0.4) is 0 Å². The molecule has 0 saturated heterocycles. The van der Waals surface area contributed by atoms with Crippen LogP contribution >= 0.6 is 0 Å². The number of carbonyl (C=O) groups is 1. The summed E-state index contributed by atoms with van der Waals surface area (Å²) < 4.78 is 16.4. The van der Waals surface area contributed by atoms with E-state index in [1.165, 1.54) is 0 Å². The van der Waals surface area contributed by atoms with Gasteiger partial charge in [0.05, 0.1) is 6.26 Å². The van der Waals surface area contributed by atoms with Crippen LogP contribution in [0.2, 0.25) is 0 Å². The van der Waals surface area contributed by atoms with E-state index in [4.69, 9.17) is 19.0 Å². The standard InChI is InChI=1S/C22H22O5/c1-2-25-20(22(23)24)15-16-8-10-19(11-9-16)26-13-4-7-17-5-3-6-18-12-14-27-21(17)18/h3-12,14,20H,2,13,15H2,1H3,(H,23,24)/b7-4+. The number of hydrogen-bond acceptors (Lipinski definition) is 4. The van der Waals surface area contributed by atoms with Crippen molar-refractivity contribution in [1.29, 1.82) is 0 Å². The topological polar surface area (TPSA) is 68.9 Å². The number of carboxylic acids is 1. The van der Waals surface area contributed by atoms with Gasteiger partial charge in [-0.3, -0.25) is 0 Å². The Morgan fingerprint density at radius 3 is 2.74 bits per heavy atom. The SMILES string of the molecule is CCOC(Cc1ccc(OC/C=C/c2cccc3ccoc23)cc1)C(=O)O. The van der Waals surface area contributed by atoms with Crippen molar-refractivity contribution >= 4 is 23.0 Å². The van der Waals surface area contributed by atoms with Gasteiger partial charge in [-0.1, -0.05) is 36.4 Å². The molecule has 0 aliphatic rings. The number of ether oxygens (including phenoxy) is 2. The van der Waals surface area contributed by atoms with Gasteiger partial charge in [-0.2, -0.15) is 0 Å². The molecule has 0 saturated carbocycles. The summed E-state index contributed by atoms with van der Waals surface area (Å²) >= 11 is 0. The Labute approximate surface area is 157 Å². The molecule has 0 aliphatic carbocycles. The number of para-hydroxylation sites is 1. The highest BCUT2D eigenvalue weighted by atomic mass is 16.5. The molecule has 1 N–H and O–H groups in total. The van der Waals surface area contributed by atoms with Gasteiger partial charge in [0.15, 0.2) is 6.10 Å². The van der Waals surface area contributed by atoms with Crippen LogP contribution in [0, 0.1) is 0 Å². The van der Waals surface area contributed by atoms with Crippen molar-refractivity contribution in [3.05, 3.63) is 72.0 Å². The van der Waals surface area contributed by atoms with E-state index in [0.29, 0.717) is 19.6 Å². The van der Waals surface area contributed by atoms with Gasteiger partial charge in [0.25, 0.3) is 0 Å². The van der Waals surface area contributed by atoms with Crippen LogP contribution in [-0.2, 0) is 16.0 Å². The van der Waals surface area contributed by atoms with Crippen molar-refractivity contribution in [3.63, 3.8) is 0 Å². The first-order chi connectivity index (χ1) is 13.2. The van der Waals surface area contributed by atoms with Crippen LogP contribution < -0.4 is 4.74 Å². The molecule has 5 nitrogen and oxygen atoms in total. The van der Waals surface area contributed by atoms with Gasteiger partial charge in [-0.05, 0) is 36.8 Å². The Bertz CT molecular complexity index is 908. The molecular weight excluding hydrogens is 344 g/mol. The maximum Gasteiger partial charge on any atom is 0.333 e. The van der Waals surface area contributed by atoms with Gasteiger partial charge in [0.1, 0.15) is 17.9 Å². The van der Waals surface area contributed by atoms with E-state index in [0.717, 1.165) is 27.8 Å². The number of rotatable bonds is 9. The summed E-state index contributed by atoms with van der Waals surface area (Å²) in [6, 6.07) is 15.3. The normalized spacial score (nSPS) is 12.5.